The molecule has 0 aliphatic carbocycles. The van der Waals surface area contributed by atoms with Gasteiger partial charge in [-0.1, -0.05) is 37.2 Å². The molecule has 0 aliphatic heterocycles. The smallest absolute Gasteiger partial charge is 0.416 e. The number of hydrogen-bond acceptors (Lipinski definition) is 4. The van der Waals surface area contributed by atoms with E-state index >= 15 is 0 Å². The molecule has 0 saturated heterocycles. The molecule has 0 aliphatic rings. The summed E-state index contributed by atoms with van der Waals surface area (Å²) in [6, 6.07) is 12.4. The Bertz CT molecular complexity index is 871. The third kappa shape index (κ3) is 4.22. The fourth-order valence-electron chi connectivity index (χ4n) is 2.36. The van der Waals surface area contributed by atoms with Crippen LogP contribution in [-0.2, 0) is 12.8 Å². The number of aromatic nitrogens is 2. The highest BCUT2D eigenvalue weighted by Gasteiger charge is 2.30. The molecule has 4 nitrogen and oxygen atoms in total. The Labute approximate surface area is 148 Å². The molecule has 0 amide bonds. The summed E-state index contributed by atoms with van der Waals surface area (Å²) in [6.07, 6.45) is -4.43. The maximum atomic E-state index is 12.8. The topological polar surface area (TPSA) is 48.2 Å². The first-order valence-electron chi connectivity index (χ1n) is 8.06. The molecule has 0 spiro atoms. The second kappa shape index (κ2) is 7.19. The number of alkyl halides is 3. The normalized spacial score (nSPS) is 11.8. The summed E-state index contributed by atoms with van der Waals surface area (Å²) in [5.41, 5.74) is 0.639. The molecule has 0 bridgehead atoms. The Kier molecular flexibility index (Phi) is 4.97. The Morgan fingerprint density at radius 1 is 1.08 bits per heavy atom. The van der Waals surface area contributed by atoms with Crippen molar-refractivity contribution in [2.24, 2.45) is 0 Å². The molecule has 7 heteroatoms. The fraction of sp³-hybridized carbons (Fsp3) is 0.263. The van der Waals surface area contributed by atoms with Gasteiger partial charge in [0.1, 0.15) is 5.75 Å². The SMILES string of the molecule is CC(C)c1ccc(OCc2noc(-c3cccc(C(F)(F)F)c3)n2)cc1. The molecule has 0 saturated carbocycles. The molecule has 1 aromatic heterocycles. The highest BCUT2D eigenvalue weighted by molar-refractivity contribution is 5.54. The number of rotatable bonds is 5. The minimum atomic E-state index is -4.43. The van der Waals surface area contributed by atoms with Crippen LogP contribution in [0.15, 0.2) is 53.1 Å². The third-order valence-electron chi connectivity index (χ3n) is 3.82. The number of hydrogen-bond donors (Lipinski definition) is 0. The summed E-state index contributed by atoms with van der Waals surface area (Å²) in [5, 5.41) is 3.75. The van der Waals surface area contributed by atoms with Crippen molar-refractivity contribution >= 4 is 0 Å². The van der Waals surface area contributed by atoms with Gasteiger partial charge in [0.25, 0.3) is 5.89 Å². The van der Waals surface area contributed by atoms with E-state index in [0.717, 1.165) is 12.1 Å². The van der Waals surface area contributed by atoms with E-state index in [9.17, 15) is 13.2 Å². The van der Waals surface area contributed by atoms with Crippen LogP contribution < -0.4 is 4.74 Å². The number of ether oxygens (including phenoxy) is 1. The maximum Gasteiger partial charge on any atom is 0.416 e. The molecule has 0 fully saturated rings. The molecule has 0 unspecified atom stereocenters. The fourth-order valence-corrected chi connectivity index (χ4v) is 2.36. The second-order valence-electron chi connectivity index (χ2n) is 6.11. The van der Waals surface area contributed by atoms with Gasteiger partial charge in [-0.05, 0) is 41.8 Å². The van der Waals surface area contributed by atoms with Crippen LogP contribution in [0.4, 0.5) is 13.2 Å². The minimum absolute atomic E-state index is 0.0184. The second-order valence-corrected chi connectivity index (χ2v) is 6.11. The average Bonchev–Trinajstić information content (AvgIpc) is 3.09. The molecule has 0 radical (unpaired) electrons. The maximum absolute atomic E-state index is 12.8. The zero-order chi connectivity index (χ0) is 18.7. The molecule has 0 atom stereocenters. The molecular formula is C19H17F3N2O2. The van der Waals surface area contributed by atoms with Crippen molar-refractivity contribution in [1.82, 2.24) is 10.1 Å². The van der Waals surface area contributed by atoms with Gasteiger partial charge in [0, 0.05) is 5.56 Å². The van der Waals surface area contributed by atoms with Crippen LogP contribution in [0, 0.1) is 0 Å². The molecule has 0 N–H and O–H groups in total. The number of benzene rings is 2. The number of nitrogens with zero attached hydrogens (tertiary/aromatic N) is 2. The van der Waals surface area contributed by atoms with Gasteiger partial charge >= 0.3 is 6.18 Å². The highest BCUT2D eigenvalue weighted by atomic mass is 19.4. The van der Waals surface area contributed by atoms with Gasteiger partial charge in [0.2, 0.25) is 5.82 Å². The largest absolute Gasteiger partial charge is 0.485 e. The molecular weight excluding hydrogens is 345 g/mol. The standard InChI is InChI=1S/C19H17F3N2O2/c1-12(2)13-6-8-16(9-7-13)25-11-17-23-18(26-24-17)14-4-3-5-15(10-14)19(20,21)22/h3-10,12H,11H2,1-2H3. The van der Waals surface area contributed by atoms with Crippen molar-refractivity contribution < 1.29 is 22.4 Å². The van der Waals surface area contributed by atoms with Gasteiger partial charge in [-0.15, -0.1) is 0 Å². The molecule has 26 heavy (non-hydrogen) atoms. The Morgan fingerprint density at radius 3 is 2.46 bits per heavy atom. The van der Waals surface area contributed by atoms with Gasteiger partial charge in [-0.2, -0.15) is 18.2 Å². The van der Waals surface area contributed by atoms with E-state index in [1.807, 2.05) is 24.3 Å². The van der Waals surface area contributed by atoms with E-state index in [1.165, 1.54) is 17.7 Å². The van der Waals surface area contributed by atoms with Crippen molar-refractivity contribution in [1.29, 1.82) is 0 Å². The summed E-state index contributed by atoms with van der Waals surface area (Å²) < 4.78 is 49.0. The number of halogens is 3. The molecule has 136 valence electrons. The third-order valence-corrected chi connectivity index (χ3v) is 3.82. The first-order valence-corrected chi connectivity index (χ1v) is 8.06. The lowest BCUT2D eigenvalue weighted by Crippen LogP contribution is -2.04. The van der Waals surface area contributed by atoms with Gasteiger partial charge in [0.05, 0.1) is 5.56 Å². The lowest BCUT2D eigenvalue weighted by Gasteiger charge is -2.07. The van der Waals surface area contributed by atoms with Crippen molar-refractivity contribution in [2.75, 3.05) is 0 Å². The predicted octanol–water partition coefficient (Wildman–Crippen LogP) is 5.46. The van der Waals surface area contributed by atoms with Crippen LogP contribution in [0.3, 0.4) is 0 Å². The van der Waals surface area contributed by atoms with Crippen LogP contribution in [-0.4, -0.2) is 10.1 Å². The summed E-state index contributed by atoms with van der Waals surface area (Å²) in [7, 11) is 0. The highest BCUT2D eigenvalue weighted by Crippen LogP contribution is 2.31. The first kappa shape index (κ1) is 18.0. The molecule has 1 heterocycles. The predicted molar refractivity (Wildman–Crippen MR) is 89.6 cm³/mol. The first-order chi connectivity index (χ1) is 12.3. The van der Waals surface area contributed by atoms with Crippen molar-refractivity contribution in [3.05, 3.63) is 65.5 Å². The van der Waals surface area contributed by atoms with Gasteiger partial charge in [-0.25, -0.2) is 0 Å². The summed E-state index contributed by atoms with van der Waals surface area (Å²) in [5.74, 6) is 1.35. The molecule has 3 aromatic rings. The quantitative estimate of drug-likeness (QED) is 0.605. The van der Waals surface area contributed by atoms with E-state index in [2.05, 4.69) is 24.0 Å². The lowest BCUT2D eigenvalue weighted by atomic mass is 10.0. The Balaban J connectivity index is 1.68. The zero-order valence-electron chi connectivity index (χ0n) is 14.2. The van der Waals surface area contributed by atoms with E-state index < -0.39 is 11.7 Å². The van der Waals surface area contributed by atoms with Gasteiger partial charge < -0.3 is 9.26 Å². The molecule has 3 rings (SSSR count). The monoisotopic (exact) mass is 362 g/mol. The summed E-state index contributed by atoms with van der Waals surface area (Å²) in [4.78, 5) is 4.09. The van der Waals surface area contributed by atoms with Crippen molar-refractivity contribution in [3.8, 4) is 17.2 Å². The van der Waals surface area contributed by atoms with E-state index in [-0.39, 0.29) is 23.9 Å². The van der Waals surface area contributed by atoms with Crippen LogP contribution in [0.2, 0.25) is 0 Å². The Morgan fingerprint density at radius 2 is 1.81 bits per heavy atom. The van der Waals surface area contributed by atoms with Crippen LogP contribution >= 0.6 is 0 Å². The van der Waals surface area contributed by atoms with Crippen molar-refractivity contribution in [2.45, 2.75) is 32.5 Å². The van der Waals surface area contributed by atoms with Crippen molar-refractivity contribution in [3.63, 3.8) is 0 Å². The van der Waals surface area contributed by atoms with E-state index in [4.69, 9.17) is 9.26 Å². The summed E-state index contributed by atoms with van der Waals surface area (Å²) >= 11 is 0. The van der Waals surface area contributed by atoms with Gasteiger partial charge in [-0.3, -0.25) is 0 Å². The van der Waals surface area contributed by atoms with Gasteiger partial charge in [0.15, 0.2) is 6.61 Å². The van der Waals surface area contributed by atoms with Crippen LogP contribution in [0.25, 0.3) is 11.5 Å². The van der Waals surface area contributed by atoms with E-state index in [0.29, 0.717) is 11.7 Å². The average molecular weight is 362 g/mol. The minimum Gasteiger partial charge on any atom is -0.485 e. The Hall–Kier alpha value is -2.83. The zero-order valence-corrected chi connectivity index (χ0v) is 14.2. The lowest BCUT2D eigenvalue weighted by molar-refractivity contribution is -0.137. The summed E-state index contributed by atoms with van der Waals surface area (Å²) in [6.45, 7) is 4.26. The molecule has 2 aromatic carbocycles. The van der Waals surface area contributed by atoms with E-state index in [1.54, 1.807) is 0 Å². The van der Waals surface area contributed by atoms with Crippen LogP contribution in [0.5, 0.6) is 5.75 Å². The van der Waals surface area contributed by atoms with Crippen LogP contribution in [0.1, 0.15) is 36.7 Å².